The molecule has 1 heterocycles. The number of benzene rings is 2. The van der Waals surface area contributed by atoms with Crippen molar-refractivity contribution in [2.75, 3.05) is 6.61 Å². The van der Waals surface area contributed by atoms with E-state index >= 15 is 0 Å². The number of carbonyl (C=O) groups excluding carboxylic acids is 2. The second kappa shape index (κ2) is 9.54. The lowest BCUT2D eigenvalue weighted by molar-refractivity contribution is -0.142. The molecular formula is C27H26N2O5S. The molecule has 1 atom stereocenters. The molecule has 1 fully saturated rings. The first kappa shape index (κ1) is 23.1. The van der Waals surface area contributed by atoms with Gasteiger partial charge in [0, 0.05) is 17.2 Å². The summed E-state index contributed by atoms with van der Waals surface area (Å²) in [6.45, 7) is 0.196. The first-order chi connectivity index (χ1) is 17.0. The average molecular weight is 491 g/mol. The van der Waals surface area contributed by atoms with Gasteiger partial charge in [-0.25, -0.2) is 9.59 Å². The smallest absolute Gasteiger partial charge is 0.407 e. The lowest BCUT2D eigenvalue weighted by Crippen LogP contribution is -2.56. The average Bonchev–Trinajstić information content (AvgIpc) is 3.46. The summed E-state index contributed by atoms with van der Waals surface area (Å²) in [4.78, 5) is 37.7. The van der Waals surface area contributed by atoms with Crippen LogP contribution in [0.1, 0.15) is 53.6 Å². The van der Waals surface area contributed by atoms with Crippen LogP contribution < -0.4 is 10.6 Å². The molecule has 2 aliphatic carbocycles. The quantitative estimate of drug-likeness (QED) is 0.419. The van der Waals surface area contributed by atoms with Gasteiger partial charge in [-0.05, 0) is 53.0 Å². The summed E-state index contributed by atoms with van der Waals surface area (Å²) < 4.78 is 5.66. The molecule has 0 radical (unpaired) electrons. The highest BCUT2D eigenvalue weighted by Crippen LogP contribution is 2.44. The third-order valence-corrected chi connectivity index (χ3v) is 7.84. The van der Waals surface area contributed by atoms with Crippen molar-refractivity contribution in [3.63, 3.8) is 0 Å². The van der Waals surface area contributed by atoms with Gasteiger partial charge >= 0.3 is 12.1 Å². The van der Waals surface area contributed by atoms with Gasteiger partial charge in [0.25, 0.3) is 0 Å². The summed E-state index contributed by atoms with van der Waals surface area (Å²) in [7, 11) is 0. The van der Waals surface area contributed by atoms with Crippen molar-refractivity contribution in [1.82, 2.24) is 10.6 Å². The molecule has 7 nitrogen and oxygen atoms in total. The standard InChI is InChI=1S/C27H26N2O5S/c30-23(28-24(25(31)32)22-11-5-14-35-22)15-27(12-6-13-27)29-26(33)34-16-21-19-9-3-1-7-17(19)18-8-2-4-10-20(18)21/h1-5,7-11,14,21,24H,6,12-13,15-16H2,(H,28,30)(H,29,33)(H,31,32). The van der Waals surface area contributed by atoms with Crippen molar-refractivity contribution < 1.29 is 24.2 Å². The Labute approximate surface area is 207 Å². The number of carbonyl (C=O) groups is 3. The molecule has 180 valence electrons. The van der Waals surface area contributed by atoms with E-state index in [1.807, 2.05) is 24.3 Å². The van der Waals surface area contributed by atoms with Crippen LogP contribution in [0.5, 0.6) is 0 Å². The van der Waals surface area contributed by atoms with Gasteiger partial charge in [0.1, 0.15) is 6.61 Å². The number of carboxylic acid groups (broad SMARTS) is 1. The highest BCUT2D eigenvalue weighted by molar-refractivity contribution is 7.10. The molecule has 0 bridgehead atoms. The van der Waals surface area contributed by atoms with Gasteiger partial charge in [0.2, 0.25) is 5.91 Å². The van der Waals surface area contributed by atoms with Crippen LogP contribution in [0.4, 0.5) is 4.79 Å². The number of rotatable bonds is 8. The van der Waals surface area contributed by atoms with Gasteiger partial charge in [-0.1, -0.05) is 54.6 Å². The lowest BCUT2D eigenvalue weighted by atomic mass is 9.74. The zero-order valence-corrected chi connectivity index (χ0v) is 19.8. The Morgan fingerprint density at radius 1 is 1.00 bits per heavy atom. The molecule has 3 aromatic rings. The number of nitrogens with one attached hydrogen (secondary N) is 2. The van der Waals surface area contributed by atoms with Crippen molar-refractivity contribution in [3.8, 4) is 11.1 Å². The van der Waals surface area contributed by atoms with Crippen LogP contribution >= 0.6 is 11.3 Å². The molecular weight excluding hydrogens is 464 g/mol. The largest absolute Gasteiger partial charge is 0.479 e. The number of ether oxygens (including phenoxy) is 1. The van der Waals surface area contributed by atoms with Crippen molar-refractivity contribution in [2.45, 2.75) is 43.2 Å². The maximum Gasteiger partial charge on any atom is 0.407 e. The van der Waals surface area contributed by atoms with E-state index in [2.05, 4.69) is 34.9 Å². The molecule has 0 saturated heterocycles. The van der Waals surface area contributed by atoms with Crippen LogP contribution in [-0.2, 0) is 14.3 Å². The number of carboxylic acids is 1. The lowest BCUT2D eigenvalue weighted by Gasteiger charge is -2.41. The summed E-state index contributed by atoms with van der Waals surface area (Å²) in [5.41, 5.74) is 3.86. The number of hydrogen-bond acceptors (Lipinski definition) is 5. The second-order valence-corrected chi connectivity index (χ2v) is 10.1. The fourth-order valence-electron chi connectivity index (χ4n) is 5.03. The first-order valence-corrected chi connectivity index (χ1v) is 12.5. The summed E-state index contributed by atoms with van der Waals surface area (Å²) in [6.07, 6.45) is 1.60. The Balaban J connectivity index is 1.21. The van der Waals surface area contributed by atoms with Gasteiger partial charge in [-0.2, -0.15) is 0 Å². The molecule has 5 rings (SSSR count). The van der Waals surface area contributed by atoms with E-state index in [-0.39, 0.29) is 18.9 Å². The molecule has 1 unspecified atom stereocenters. The Kier molecular flexibility index (Phi) is 6.30. The Morgan fingerprint density at radius 3 is 2.20 bits per heavy atom. The van der Waals surface area contributed by atoms with E-state index in [9.17, 15) is 19.5 Å². The highest BCUT2D eigenvalue weighted by Gasteiger charge is 2.42. The van der Waals surface area contributed by atoms with Crippen LogP contribution in [0.2, 0.25) is 0 Å². The molecule has 35 heavy (non-hydrogen) atoms. The minimum Gasteiger partial charge on any atom is -0.479 e. The van der Waals surface area contributed by atoms with Crippen LogP contribution in [-0.4, -0.2) is 35.2 Å². The topological polar surface area (TPSA) is 105 Å². The number of amides is 2. The molecule has 2 amide bonds. The van der Waals surface area contributed by atoms with E-state index in [1.54, 1.807) is 17.5 Å². The molecule has 0 aliphatic heterocycles. The number of thiophene rings is 1. The minimum atomic E-state index is -1.12. The first-order valence-electron chi connectivity index (χ1n) is 11.6. The van der Waals surface area contributed by atoms with Crippen molar-refractivity contribution in [1.29, 1.82) is 0 Å². The monoisotopic (exact) mass is 490 g/mol. The third-order valence-electron chi connectivity index (χ3n) is 6.90. The predicted molar refractivity (Wildman–Crippen MR) is 132 cm³/mol. The molecule has 2 aromatic carbocycles. The zero-order chi connectivity index (χ0) is 24.4. The van der Waals surface area contributed by atoms with Gasteiger partial charge in [-0.3, -0.25) is 4.79 Å². The Bertz CT molecular complexity index is 1210. The Morgan fingerprint density at radius 2 is 1.66 bits per heavy atom. The summed E-state index contributed by atoms with van der Waals surface area (Å²) in [5.74, 6) is -1.58. The summed E-state index contributed by atoms with van der Waals surface area (Å²) in [5, 5.41) is 16.8. The van der Waals surface area contributed by atoms with Crippen LogP contribution in [0.15, 0.2) is 66.0 Å². The molecule has 3 N–H and O–H groups in total. The Hall–Kier alpha value is -3.65. The van der Waals surface area contributed by atoms with Crippen molar-refractivity contribution in [2.24, 2.45) is 0 Å². The third kappa shape index (κ3) is 4.66. The van der Waals surface area contributed by atoms with E-state index in [4.69, 9.17) is 4.74 Å². The van der Waals surface area contributed by atoms with Crippen LogP contribution in [0.3, 0.4) is 0 Å². The van der Waals surface area contributed by atoms with E-state index in [0.717, 1.165) is 28.7 Å². The van der Waals surface area contributed by atoms with Crippen molar-refractivity contribution in [3.05, 3.63) is 82.0 Å². The normalized spacial score (nSPS) is 16.3. The molecule has 0 spiro atoms. The second-order valence-electron chi connectivity index (χ2n) is 9.12. The van der Waals surface area contributed by atoms with E-state index in [1.165, 1.54) is 11.3 Å². The molecule has 8 heteroatoms. The SMILES string of the molecule is O=C(CC1(NC(=O)OCC2c3ccccc3-c3ccccc32)CCC1)NC(C(=O)O)c1cccs1. The zero-order valence-electron chi connectivity index (χ0n) is 19.0. The van der Waals surface area contributed by atoms with Crippen LogP contribution in [0.25, 0.3) is 11.1 Å². The fourth-order valence-corrected chi connectivity index (χ4v) is 5.80. The fraction of sp³-hybridized carbons (Fsp3) is 0.296. The number of aliphatic carboxylic acids is 1. The van der Waals surface area contributed by atoms with Crippen molar-refractivity contribution >= 4 is 29.3 Å². The maximum absolute atomic E-state index is 12.8. The number of fused-ring (bicyclic) bond motifs is 3. The number of hydrogen-bond donors (Lipinski definition) is 3. The molecule has 1 saturated carbocycles. The van der Waals surface area contributed by atoms with Gasteiger partial charge in [0.05, 0.1) is 5.54 Å². The van der Waals surface area contributed by atoms with Gasteiger partial charge in [-0.15, -0.1) is 11.3 Å². The van der Waals surface area contributed by atoms with Gasteiger partial charge in [0.15, 0.2) is 6.04 Å². The minimum absolute atomic E-state index is 0.00630. The van der Waals surface area contributed by atoms with E-state index in [0.29, 0.717) is 17.7 Å². The van der Waals surface area contributed by atoms with Gasteiger partial charge < -0.3 is 20.5 Å². The summed E-state index contributed by atoms with van der Waals surface area (Å²) in [6, 6.07) is 18.6. The van der Waals surface area contributed by atoms with Crippen LogP contribution in [0, 0.1) is 0 Å². The summed E-state index contributed by atoms with van der Waals surface area (Å²) >= 11 is 1.27. The highest BCUT2D eigenvalue weighted by atomic mass is 32.1. The maximum atomic E-state index is 12.8. The molecule has 1 aromatic heterocycles. The predicted octanol–water partition coefficient (Wildman–Crippen LogP) is 4.84. The number of alkyl carbamates (subject to hydrolysis) is 1. The molecule has 2 aliphatic rings. The van der Waals surface area contributed by atoms with E-state index < -0.39 is 29.6 Å².